The molecule has 2 aromatic heterocycles. The van der Waals surface area contributed by atoms with Crippen molar-refractivity contribution < 1.29 is 0 Å². The van der Waals surface area contributed by atoms with E-state index in [0.717, 1.165) is 11.4 Å². The third kappa shape index (κ3) is 2.66. The predicted molar refractivity (Wildman–Crippen MR) is 78.1 cm³/mol. The fraction of sp³-hybridized carbons (Fsp3) is 0.143. The summed E-state index contributed by atoms with van der Waals surface area (Å²) < 4.78 is 1.71. The standard InChI is InChI=1S/C14H14N4S/c1-18-10-11(16-17-18)9-15-13-6-3-2-5-12(13)14-7-4-8-19-14/h2-8,10,15H,9H2,1H3. The highest BCUT2D eigenvalue weighted by Crippen LogP contribution is 2.31. The molecule has 0 spiro atoms. The molecule has 0 fully saturated rings. The molecule has 0 aliphatic carbocycles. The lowest BCUT2D eigenvalue weighted by molar-refractivity contribution is 0.713. The van der Waals surface area contributed by atoms with Crippen LogP contribution in [-0.4, -0.2) is 15.0 Å². The summed E-state index contributed by atoms with van der Waals surface area (Å²) in [7, 11) is 1.87. The van der Waals surface area contributed by atoms with Crippen molar-refractivity contribution in [3.8, 4) is 10.4 Å². The Kier molecular flexibility index (Phi) is 3.29. The monoisotopic (exact) mass is 270 g/mol. The number of hydrogen-bond donors (Lipinski definition) is 1. The van der Waals surface area contributed by atoms with Gasteiger partial charge in [0.2, 0.25) is 0 Å². The van der Waals surface area contributed by atoms with E-state index < -0.39 is 0 Å². The Morgan fingerprint density at radius 1 is 1.21 bits per heavy atom. The Morgan fingerprint density at radius 3 is 2.84 bits per heavy atom. The van der Waals surface area contributed by atoms with Gasteiger partial charge in [-0.15, -0.1) is 16.4 Å². The van der Waals surface area contributed by atoms with Gasteiger partial charge in [0.15, 0.2) is 0 Å². The number of thiophene rings is 1. The first-order valence-corrected chi connectivity index (χ1v) is 6.93. The van der Waals surface area contributed by atoms with Gasteiger partial charge in [-0.05, 0) is 17.5 Å². The average molecular weight is 270 g/mol. The first kappa shape index (κ1) is 11.9. The van der Waals surface area contributed by atoms with Crippen LogP contribution in [0.5, 0.6) is 0 Å². The van der Waals surface area contributed by atoms with E-state index in [4.69, 9.17) is 0 Å². The van der Waals surface area contributed by atoms with Gasteiger partial charge >= 0.3 is 0 Å². The Balaban J connectivity index is 1.81. The van der Waals surface area contributed by atoms with Gasteiger partial charge < -0.3 is 5.32 Å². The zero-order chi connectivity index (χ0) is 13.1. The van der Waals surface area contributed by atoms with Crippen LogP contribution in [0.3, 0.4) is 0 Å². The second-order valence-corrected chi connectivity index (χ2v) is 5.21. The number of hydrogen-bond acceptors (Lipinski definition) is 4. The first-order valence-electron chi connectivity index (χ1n) is 6.05. The molecular weight excluding hydrogens is 256 g/mol. The summed E-state index contributed by atoms with van der Waals surface area (Å²) in [6.07, 6.45) is 1.92. The highest BCUT2D eigenvalue weighted by molar-refractivity contribution is 7.13. The third-order valence-corrected chi connectivity index (χ3v) is 3.73. The maximum atomic E-state index is 4.08. The van der Waals surface area contributed by atoms with Crippen molar-refractivity contribution in [1.29, 1.82) is 0 Å². The molecular formula is C14H14N4S. The zero-order valence-electron chi connectivity index (χ0n) is 10.6. The average Bonchev–Trinajstić information content (AvgIpc) is 3.08. The van der Waals surface area contributed by atoms with Gasteiger partial charge in [-0.25, -0.2) is 0 Å². The molecule has 0 aliphatic rings. The lowest BCUT2D eigenvalue weighted by Crippen LogP contribution is -2.00. The third-order valence-electron chi connectivity index (χ3n) is 2.82. The summed E-state index contributed by atoms with van der Waals surface area (Å²) in [5.74, 6) is 0. The molecule has 2 heterocycles. The number of aryl methyl sites for hydroxylation is 1. The van der Waals surface area contributed by atoms with E-state index in [1.54, 1.807) is 16.0 Å². The molecule has 5 heteroatoms. The number of para-hydroxylation sites is 1. The number of aromatic nitrogens is 3. The van der Waals surface area contributed by atoms with Gasteiger partial charge in [-0.3, -0.25) is 4.68 Å². The number of anilines is 1. The molecule has 0 radical (unpaired) electrons. The summed E-state index contributed by atoms with van der Waals surface area (Å²) >= 11 is 1.74. The van der Waals surface area contributed by atoms with E-state index in [-0.39, 0.29) is 0 Å². The van der Waals surface area contributed by atoms with Crippen LogP contribution in [0.1, 0.15) is 5.69 Å². The molecule has 0 bridgehead atoms. The van der Waals surface area contributed by atoms with Gasteiger partial charge in [0.25, 0.3) is 0 Å². The summed E-state index contributed by atoms with van der Waals surface area (Å²) in [4.78, 5) is 1.27. The molecule has 1 N–H and O–H groups in total. The van der Waals surface area contributed by atoms with Crippen molar-refractivity contribution in [2.45, 2.75) is 6.54 Å². The molecule has 0 saturated heterocycles. The van der Waals surface area contributed by atoms with Crippen LogP contribution in [0.4, 0.5) is 5.69 Å². The lowest BCUT2D eigenvalue weighted by atomic mass is 10.1. The van der Waals surface area contributed by atoms with Crippen LogP contribution in [-0.2, 0) is 13.6 Å². The maximum absolute atomic E-state index is 4.08. The Morgan fingerprint density at radius 2 is 2.11 bits per heavy atom. The fourth-order valence-electron chi connectivity index (χ4n) is 1.95. The van der Waals surface area contributed by atoms with Gasteiger partial charge in [0.1, 0.15) is 5.69 Å². The van der Waals surface area contributed by atoms with E-state index in [9.17, 15) is 0 Å². The summed E-state index contributed by atoms with van der Waals surface area (Å²) in [5, 5.41) is 13.5. The Bertz CT molecular complexity index is 658. The van der Waals surface area contributed by atoms with Crippen LogP contribution < -0.4 is 5.32 Å². The SMILES string of the molecule is Cn1cc(CNc2ccccc2-c2cccs2)nn1. The molecule has 4 nitrogen and oxygen atoms in total. The minimum atomic E-state index is 0.677. The van der Waals surface area contributed by atoms with Crippen molar-refractivity contribution in [1.82, 2.24) is 15.0 Å². The molecule has 0 unspecified atom stereocenters. The Labute approximate surface area is 115 Å². The van der Waals surface area contributed by atoms with E-state index in [2.05, 4.69) is 51.3 Å². The topological polar surface area (TPSA) is 42.7 Å². The Hall–Kier alpha value is -2.14. The highest BCUT2D eigenvalue weighted by Gasteiger charge is 2.06. The minimum Gasteiger partial charge on any atom is -0.379 e. The van der Waals surface area contributed by atoms with Crippen molar-refractivity contribution in [2.24, 2.45) is 7.05 Å². The normalized spacial score (nSPS) is 10.6. The van der Waals surface area contributed by atoms with Crippen LogP contribution in [0.2, 0.25) is 0 Å². The van der Waals surface area contributed by atoms with Crippen molar-refractivity contribution in [3.63, 3.8) is 0 Å². The summed E-state index contributed by atoms with van der Waals surface area (Å²) in [6, 6.07) is 12.5. The van der Waals surface area contributed by atoms with Crippen LogP contribution in [0, 0.1) is 0 Å². The number of nitrogens with zero attached hydrogens (tertiary/aromatic N) is 3. The molecule has 3 aromatic rings. The molecule has 0 aliphatic heterocycles. The minimum absolute atomic E-state index is 0.677. The highest BCUT2D eigenvalue weighted by atomic mass is 32.1. The quantitative estimate of drug-likeness (QED) is 0.792. The molecule has 3 rings (SSSR count). The van der Waals surface area contributed by atoms with E-state index in [1.807, 2.05) is 19.3 Å². The molecule has 0 amide bonds. The van der Waals surface area contributed by atoms with Crippen LogP contribution in [0.15, 0.2) is 48.0 Å². The van der Waals surface area contributed by atoms with Gasteiger partial charge in [-0.2, -0.15) is 0 Å². The van der Waals surface area contributed by atoms with Crippen molar-refractivity contribution >= 4 is 17.0 Å². The lowest BCUT2D eigenvalue weighted by Gasteiger charge is -2.09. The van der Waals surface area contributed by atoms with Gasteiger partial charge in [0.05, 0.1) is 6.54 Å². The predicted octanol–water partition coefficient (Wildman–Crippen LogP) is 3.16. The largest absolute Gasteiger partial charge is 0.379 e. The van der Waals surface area contributed by atoms with Crippen molar-refractivity contribution in [3.05, 3.63) is 53.7 Å². The zero-order valence-corrected chi connectivity index (χ0v) is 11.4. The van der Waals surface area contributed by atoms with Crippen LogP contribution in [0.25, 0.3) is 10.4 Å². The number of rotatable bonds is 4. The summed E-state index contributed by atoms with van der Waals surface area (Å²) in [6.45, 7) is 0.677. The number of nitrogens with one attached hydrogen (secondary N) is 1. The molecule has 0 atom stereocenters. The molecule has 96 valence electrons. The van der Waals surface area contributed by atoms with Gasteiger partial charge in [-0.1, -0.05) is 29.5 Å². The van der Waals surface area contributed by atoms with E-state index >= 15 is 0 Å². The molecule has 19 heavy (non-hydrogen) atoms. The number of benzene rings is 1. The van der Waals surface area contributed by atoms with Crippen molar-refractivity contribution in [2.75, 3.05) is 5.32 Å². The maximum Gasteiger partial charge on any atom is 0.102 e. The molecule has 0 saturated carbocycles. The van der Waals surface area contributed by atoms with E-state index in [1.165, 1.54) is 10.4 Å². The van der Waals surface area contributed by atoms with E-state index in [0.29, 0.717) is 6.54 Å². The van der Waals surface area contributed by atoms with Crippen LogP contribution >= 0.6 is 11.3 Å². The second kappa shape index (κ2) is 5.24. The summed E-state index contributed by atoms with van der Waals surface area (Å²) in [5.41, 5.74) is 3.28. The first-order chi connectivity index (χ1) is 9.33. The van der Waals surface area contributed by atoms with Gasteiger partial charge in [0, 0.05) is 29.4 Å². The molecule has 1 aromatic carbocycles. The fourth-order valence-corrected chi connectivity index (χ4v) is 2.71. The second-order valence-electron chi connectivity index (χ2n) is 4.26. The smallest absolute Gasteiger partial charge is 0.102 e.